The molecule has 0 fully saturated rings. The van der Waals surface area contributed by atoms with Crippen LogP contribution < -0.4 is 0 Å². The van der Waals surface area contributed by atoms with Crippen molar-refractivity contribution in [2.45, 2.75) is 0 Å². The van der Waals surface area contributed by atoms with Gasteiger partial charge in [0, 0.05) is 29.6 Å². The predicted octanol–water partition coefficient (Wildman–Crippen LogP) is 4.46. The molecule has 0 atom stereocenters. The Morgan fingerprint density at radius 1 is 0.839 bits per heavy atom. The topological polar surface area (TPSA) is 82.5 Å². The molecular formula is C21H11F3N6O. The Morgan fingerprint density at radius 3 is 2.32 bits per heavy atom. The fourth-order valence-electron chi connectivity index (χ4n) is 3.11. The molecule has 0 saturated carbocycles. The molecule has 0 radical (unpaired) electrons. The maximum absolute atomic E-state index is 14.5. The highest BCUT2D eigenvalue weighted by molar-refractivity contribution is 5.76. The van der Waals surface area contributed by atoms with Gasteiger partial charge in [0.2, 0.25) is 5.82 Å². The molecule has 0 N–H and O–H groups in total. The van der Waals surface area contributed by atoms with Gasteiger partial charge >= 0.3 is 0 Å². The molecule has 3 aromatic heterocycles. The lowest BCUT2D eigenvalue weighted by Gasteiger charge is -2.08. The Bertz CT molecular complexity index is 1360. The molecule has 0 spiro atoms. The van der Waals surface area contributed by atoms with Gasteiger partial charge in [-0.2, -0.15) is 4.98 Å². The van der Waals surface area contributed by atoms with Crippen molar-refractivity contribution in [3.63, 3.8) is 0 Å². The second-order valence-electron chi connectivity index (χ2n) is 6.47. The monoisotopic (exact) mass is 420 g/mol. The van der Waals surface area contributed by atoms with Crippen molar-refractivity contribution in [1.82, 2.24) is 30.1 Å². The van der Waals surface area contributed by atoms with Crippen LogP contribution in [-0.4, -0.2) is 30.1 Å². The predicted molar refractivity (Wildman–Crippen MR) is 103 cm³/mol. The Kier molecular flexibility index (Phi) is 4.51. The molecule has 5 aromatic rings. The minimum Gasteiger partial charge on any atom is -0.332 e. The van der Waals surface area contributed by atoms with Crippen LogP contribution in [0.3, 0.4) is 0 Å². The summed E-state index contributed by atoms with van der Waals surface area (Å²) in [7, 11) is 0. The molecule has 7 nitrogen and oxygen atoms in total. The van der Waals surface area contributed by atoms with E-state index in [0.717, 1.165) is 18.2 Å². The average molecular weight is 420 g/mol. The molecule has 152 valence electrons. The Morgan fingerprint density at radius 2 is 1.58 bits per heavy atom. The van der Waals surface area contributed by atoms with E-state index in [-0.39, 0.29) is 28.7 Å². The van der Waals surface area contributed by atoms with Crippen molar-refractivity contribution in [3.05, 3.63) is 84.4 Å². The molecule has 0 bridgehead atoms. The molecule has 0 unspecified atom stereocenters. The van der Waals surface area contributed by atoms with E-state index < -0.39 is 17.5 Å². The molecule has 3 heterocycles. The third-order valence-corrected chi connectivity index (χ3v) is 4.45. The first-order valence-electron chi connectivity index (χ1n) is 9.02. The number of pyridine rings is 1. The van der Waals surface area contributed by atoms with Crippen LogP contribution in [0, 0.1) is 17.5 Å². The van der Waals surface area contributed by atoms with Crippen molar-refractivity contribution in [1.29, 1.82) is 0 Å². The molecule has 0 aliphatic carbocycles. The van der Waals surface area contributed by atoms with Crippen LogP contribution >= 0.6 is 0 Å². The zero-order chi connectivity index (χ0) is 21.4. The fraction of sp³-hybridized carbons (Fsp3) is 0. The van der Waals surface area contributed by atoms with Gasteiger partial charge in [0.25, 0.3) is 5.89 Å². The van der Waals surface area contributed by atoms with Crippen molar-refractivity contribution >= 4 is 0 Å². The maximum Gasteiger partial charge on any atom is 0.281 e. The summed E-state index contributed by atoms with van der Waals surface area (Å²) < 4.78 is 48.2. The maximum atomic E-state index is 14.5. The van der Waals surface area contributed by atoms with E-state index in [1.807, 2.05) is 0 Å². The Hall–Kier alpha value is -4.34. The summed E-state index contributed by atoms with van der Waals surface area (Å²) in [6, 6.07) is 12.4. The van der Waals surface area contributed by atoms with Crippen molar-refractivity contribution in [2.75, 3.05) is 0 Å². The number of rotatable bonds is 4. The van der Waals surface area contributed by atoms with E-state index in [0.29, 0.717) is 11.3 Å². The zero-order valence-corrected chi connectivity index (χ0v) is 15.6. The van der Waals surface area contributed by atoms with Crippen LogP contribution in [0.2, 0.25) is 0 Å². The molecule has 0 saturated heterocycles. The molecule has 10 heteroatoms. The van der Waals surface area contributed by atoms with Gasteiger partial charge in [-0.3, -0.25) is 4.98 Å². The van der Waals surface area contributed by atoms with Crippen LogP contribution in [0.1, 0.15) is 0 Å². The summed E-state index contributed by atoms with van der Waals surface area (Å²) in [5.74, 6) is -2.13. The number of hydrogen-bond donors (Lipinski definition) is 0. The van der Waals surface area contributed by atoms with E-state index in [2.05, 4.69) is 25.4 Å². The number of hydrogen-bond acceptors (Lipinski definition) is 6. The number of para-hydroxylation sites is 1. The lowest BCUT2D eigenvalue weighted by Crippen LogP contribution is -2.02. The van der Waals surface area contributed by atoms with Gasteiger partial charge in [-0.1, -0.05) is 22.5 Å². The second-order valence-corrected chi connectivity index (χ2v) is 6.47. The minimum atomic E-state index is -0.774. The van der Waals surface area contributed by atoms with Crippen molar-refractivity contribution < 1.29 is 17.7 Å². The summed E-state index contributed by atoms with van der Waals surface area (Å²) >= 11 is 0. The van der Waals surface area contributed by atoms with Gasteiger partial charge in [-0.15, -0.1) is 5.10 Å². The highest BCUT2D eigenvalue weighted by Crippen LogP contribution is 2.32. The molecule has 0 amide bonds. The summed E-state index contributed by atoms with van der Waals surface area (Å²) in [6.45, 7) is 0. The highest BCUT2D eigenvalue weighted by atomic mass is 19.1. The standard InChI is InChI=1S/C21H11F3N6O/c22-14-9-13(10-15(23)11-14)20-26-21(31-28-20)18-19(12-5-7-25-8-6-12)30(29-27-18)17-4-2-1-3-16(17)24/h1-11H. The summed E-state index contributed by atoms with van der Waals surface area (Å²) in [5.41, 5.74) is 1.44. The van der Waals surface area contributed by atoms with Gasteiger partial charge in [-0.25, -0.2) is 17.9 Å². The fourth-order valence-corrected chi connectivity index (χ4v) is 3.11. The summed E-state index contributed by atoms with van der Waals surface area (Å²) in [4.78, 5) is 8.20. The average Bonchev–Trinajstić information content (AvgIpc) is 3.41. The van der Waals surface area contributed by atoms with E-state index in [1.165, 1.54) is 10.7 Å². The van der Waals surface area contributed by atoms with E-state index in [4.69, 9.17) is 4.52 Å². The van der Waals surface area contributed by atoms with Crippen LogP contribution in [0.4, 0.5) is 13.2 Å². The van der Waals surface area contributed by atoms with Gasteiger partial charge < -0.3 is 4.52 Å². The largest absolute Gasteiger partial charge is 0.332 e. The molecule has 2 aromatic carbocycles. The van der Waals surface area contributed by atoms with Crippen LogP contribution in [0.25, 0.3) is 39.9 Å². The lowest BCUT2D eigenvalue weighted by molar-refractivity contribution is 0.431. The highest BCUT2D eigenvalue weighted by Gasteiger charge is 2.24. The van der Waals surface area contributed by atoms with E-state index in [1.54, 1.807) is 42.7 Å². The van der Waals surface area contributed by atoms with Gasteiger partial charge in [0.15, 0.2) is 5.69 Å². The van der Waals surface area contributed by atoms with Gasteiger partial charge in [0.05, 0.1) is 0 Å². The van der Waals surface area contributed by atoms with Crippen LogP contribution in [-0.2, 0) is 0 Å². The molecule has 0 aliphatic rings. The van der Waals surface area contributed by atoms with Crippen molar-refractivity contribution in [3.8, 4) is 39.9 Å². The lowest BCUT2D eigenvalue weighted by atomic mass is 10.1. The second kappa shape index (κ2) is 7.48. The first kappa shape index (κ1) is 18.7. The number of benzene rings is 2. The first-order chi connectivity index (χ1) is 15.1. The number of aromatic nitrogens is 6. The number of halogens is 3. The Balaban J connectivity index is 1.67. The van der Waals surface area contributed by atoms with Crippen LogP contribution in [0.15, 0.2) is 71.5 Å². The zero-order valence-electron chi connectivity index (χ0n) is 15.6. The third-order valence-electron chi connectivity index (χ3n) is 4.45. The molecule has 31 heavy (non-hydrogen) atoms. The third kappa shape index (κ3) is 3.44. The molecule has 0 aliphatic heterocycles. The van der Waals surface area contributed by atoms with E-state index in [9.17, 15) is 13.2 Å². The quantitative estimate of drug-likeness (QED) is 0.427. The van der Waals surface area contributed by atoms with Gasteiger partial charge in [0.1, 0.15) is 28.8 Å². The Labute approximate surface area is 172 Å². The van der Waals surface area contributed by atoms with Gasteiger partial charge in [-0.05, 0) is 36.4 Å². The SMILES string of the molecule is Fc1cc(F)cc(-c2noc(-c3nnn(-c4ccccc4F)c3-c3ccncc3)n2)c1. The van der Waals surface area contributed by atoms with Crippen LogP contribution in [0.5, 0.6) is 0 Å². The molecule has 5 rings (SSSR count). The smallest absolute Gasteiger partial charge is 0.281 e. The normalized spacial score (nSPS) is 11.1. The minimum absolute atomic E-state index is 0.0329. The summed E-state index contributed by atoms with van der Waals surface area (Å²) in [5, 5.41) is 12.0. The number of nitrogens with zero attached hydrogens (tertiary/aromatic N) is 6. The van der Waals surface area contributed by atoms with E-state index >= 15 is 0 Å². The molecular weight excluding hydrogens is 409 g/mol. The first-order valence-corrected chi connectivity index (χ1v) is 9.02. The van der Waals surface area contributed by atoms with Crippen molar-refractivity contribution in [2.24, 2.45) is 0 Å². The summed E-state index contributed by atoms with van der Waals surface area (Å²) in [6.07, 6.45) is 3.12.